The number of nitrogen functional groups attached to an aromatic ring is 1. The molecule has 0 radical (unpaired) electrons. The van der Waals surface area contributed by atoms with Crippen LogP contribution in [0.1, 0.15) is 11.1 Å². The molecular weight excluding hydrogens is 315 g/mol. The Morgan fingerprint density at radius 1 is 1.09 bits per heavy atom. The van der Waals surface area contributed by atoms with E-state index in [9.17, 15) is 4.39 Å². The first kappa shape index (κ1) is 15.1. The maximum absolute atomic E-state index is 13.0. The van der Waals surface area contributed by atoms with Crippen LogP contribution in [0, 0.1) is 12.7 Å². The van der Waals surface area contributed by atoms with Gasteiger partial charge in [-0.1, -0.05) is 52.9 Å². The standard InChI is InChI=1S/C17H15FN2S2/c1-11-2-4-12(5-3-11)10-21-17-20-15(16(19)22-17)13-6-8-14(18)9-7-13/h2-9H,10,19H2,1H3. The number of nitrogens with two attached hydrogens (primary N) is 1. The van der Waals surface area contributed by atoms with E-state index >= 15 is 0 Å². The van der Waals surface area contributed by atoms with Gasteiger partial charge in [-0.2, -0.15) is 0 Å². The zero-order valence-electron chi connectivity index (χ0n) is 12.0. The number of benzene rings is 2. The summed E-state index contributed by atoms with van der Waals surface area (Å²) >= 11 is 3.14. The van der Waals surface area contributed by atoms with Crippen molar-refractivity contribution >= 4 is 28.1 Å². The molecule has 2 aromatic carbocycles. The Morgan fingerprint density at radius 2 is 1.77 bits per heavy atom. The van der Waals surface area contributed by atoms with Gasteiger partial charge in [0.2, 0.25) is 0 Å². The smallest absolute Gasteiger partial charge is 0.152 e. The van der Waals surface area contributed by atoms with Gasteiger partial charge in [-0.15, -0.1) is 0 Å². The second-order valence-corrected chi connectivity index (χ2v) is 7.23. The Labute approximate surface area is 137 Å². The first-order valence-electron chi connectivity index (χ1n) is 6.82. The summed E-state index contributed by atoms with van der Waals surface area (Å²) in [6.45, 7) is 2.08. The van der Waals surface area contributed by atoms with Crippen molar-refractivity contribution in [2.75, 3.05) is 5.73 Å². The lowest BCUT2D eigenvalue weighted by Gasteiger charge is -1.99. The van der Waals surface area contributed by atoms with Crippen LogP contribution in [0.3, 0.4) is 0 Å². The fourth-order valence-electron chi connectivity index (χ4n) is 2.02. The highest BCUT2D eigenvalue weighted by atomic mass is 32.2. The van der Waals surface area contributed by atoms with Crippen LogP contribution in [-0.4, -0.2) is 4.98 Å². The molecule has 0 aliphatic heterocycles. The van der Waals surface area contributed by atoms with Crippen LogP contribution in [0.2, 0.25) is 0 Å². The number of aryl methyl sites for hydroxylation is 1. The number of nitrogens with zero attached hydrogens (tertiary/aromatic N) is 1. The van der Waals surface area contributed by atoms with Crippen molar-refractivity contribution in [3.8, 4) is 11.3 Å². The summed E-state index contributed by atoms with van der Waals surface area (Å²) in [6, 6.07) is 14.7. The van der Waals surface area contributed by atoms with Crippen molar-refractivity contribution in [3.05, 3.63) is 65.5 Å². The lowest BCUT2D eigenvalue weighted by Crippen LogP contribution is -1.86. The number of thioether (sulfide) groups is 1. The van der Waals surface area contributed by atoms with E-state index < -0.39 is 0 Å². The van der Waals surface area contributed by atoms with Crippen molar-refractivity contribution in [2.24, 2.45) is 0 Å². The molecule has 22 heavy (non-hydrogen) atoms. The van der Waals surface area contributed by atoms with E-state index in [4.69, 9.17) is 5.73 Å². The largest absolute Gasteiger partial charge is 0.389 e. The molecular formula is C17H15FN2S2. The molecule has 0 fully saturated rings. The van der Waals surface area contributed by atoms with Gasteiger partial charge in [-0.25, -0.2) is 9.37 Å². The van der Waals surface area contributed by atoms with Gasteiger partial charge in [-0.05, 0) is 36.8 Å². The second-order valence-electron chi connectivity index (χ2n) is 4.97. The molecule has 0 aliphatic carbocycles. The van der Waals surface area contributed by atoms with E-state index in [0.717, 1.165) is 21.3 Å². The maximum atomic E-state index is 13.0. The fraction of sp³-hybridized carbons (Fsp3) is 0.118. The Kier molecular flexibility index (Phi) is 4.45. The summed E-state index contributed by atoms with van der Waals surface area (Å²) in [5.74, 6) is 0.599. The molecule has 0 spiro atoms. The summed E-state index contributed by atoms with van der Waals surface area (Å²) in [7, 11) is 0. The van der Waals surface area contributed by atoms with Crippen molar-refractivity contribution in [1.29, 1.82) is 0 Å². The first-order valence-corrected chi connectivity index (χ1v) is 8.62. The molecule has 0 saturated heterocycles. The van der Waals surface area contributed by atoms with E-state index in [0.29, 0.717) is 5.00 Å². The summed E-state index contributed by atoms with van der Waals surface area (Å²) < 4.78 is 13.9. The van der Waals surface area contributed by atoms with E-state index in [2.05, 4.69) is 36.2 Å². The van der Waals surface area contributed by atoms with Crippen LogP contribution in [0.25, 0.3) is 11.3 Å². The Hall–Kier alpha value is -1.85. The highest BCUT2D eigenvalue weighted by Gasteiger charge is 2.11. The zero-order chi connectivity index (χ0) is 15.5. The van der Waals surface area contributed by atoms with E-state index in [-0.39, 0.29) is 5.82 Å². The monoisotopic (exact) mass is 330 g/mol. The third-order valence-electron chi connectivity index (χ3n) is 3.23. The molecule has 2 nitrogen and oxygen atoms in total. The van der Waals surface area contributed by atoms with Gasteiger partial charge in [0.05, 0.1) is 0 Å². The van der Waals surface area contributed by atoms with Gasteiger partial charge in [0.15, 0.2) is 4.34 Å². The average molecular weight is 330 g/mol. The molecule has 0 bridgehead atoms. The number of hydrogen-bond acceptors (Lipinski definition) is 4. The summed E-state index contributed by atoms with van der Waals surface area (Å²) in [5, 5.41) is 0.665. The Bertz CT molecular complexity index is 764. The number of aromatic nitrogens is 1. The number of thiazole rings is 1. The molecule has 0 aliphatic rings. The highest BCUT2D eigenvalue weighted by molar-refractivity contribution is 8.00. The van der Waals surface area contributed by atoms with Gasteiger partial charge in [0.1, 0.15) is 16.5 Å². The zero-order valence-corrected chi connectivity index (χ0v) is 13.7. The number of anilines is 1. The van der Waals surface area contributed by atoms with Crippen LogP contribution < -0.4 is 5.73 Å². The molecule has 3 rings (SSSR count). The van der Waals surface area contributed by atoms with Crippen LogP contribution >= 0.6 is 23.1 Å². The summed E-state index contributed by atoms with van der Waals surface area (Å²) in [6.07, 6.45) is 0. The first-order chi connectivity index (χ1) is 10.6. The molecule has 2 N–H and O–H groups in total. The molecule has 1 aromatic heterocycles. The minimum Gasteiger partial charge on any atom is -0.389 e. The lowest BCUT2D eigenvalue weighted by atomic mass is 10.2. The molecule has 0 atom stereocenters. The lowest BCUT2D eigenvalue weighted by molar-refractivity contribution is 0.628. The average Bonchev–Trinajstić information content (AvgIpc) is 2.89. The van der Waals surface area contributed by atoms with Crippen LogP contribution in [0.15, 0.2) is 52.9 Å². The third kappa shape index (κ3) is 3.48. The minimum absolute atomic E-state index is 0.258. The van der Waals surface area contributed by atoms with Crippen molar-refractivity contribution in [3.63, 3.8) is 0 Å². The molecule has 0 saturated carbocycles. The molecule has 0 amide bonds. The predicted octanol–water partition coefficient (Wildman–Crippen LogP) is 5.13. The maximum Gasteiger partial charge on any atom is 0.152 e. The van der Waals surface area contributed by atoms with Crippen LogP contribution in [-0.2, 0) is 5.75 Å². The Morgan fingerprint density at radius 3 is 2.45 bits per heavy atom. The van der Waals surface area contributed by atoms with E-state index in [1.165, 1.54) is 34.6 Å². The van der Waals surface area contributed by atoms with Crippen molar-refractivity contribution < 1.29 is 4.39 Å². The van der Waals surface area contributed by atoms with Crippen molar-refractivity contribution in [1.82, 2.24) is 4.98 Å². The topological polar surface area (TPSA) is 38.9 Å². The molecule has 5 heteroatoms. The fourth-order valence-corrected chi connectivity index (χ4v) is 3.92. The Balaban J connectivity index is 1.74. The van der Waals surface area contributed by atoms with Gasteiger partial charge in [0.25, 0.3) is 0 Å². The minimum atomic E-state index is -0.258. The number of hydrogen-bond donors (Lipinski definition) is 1. The van der Waals surface area contributed by atoms with Gasteiger partial charge < -0.3 is 5.73 Å². The molecule has 0 unspecified atom stereocenters. The molecule has 1 heterocycles. The number of rotatable bonds is 4. The van der Waals surface area contributed by atoms with Gasteiger partial charge in [0, 0.05) is 11.3 Å². The van der Waals surface area contributed by atoms with Crippen molar-refractivity contribution in [2.45, 2.75) is 17.0 Å². The van der Waals surface area contributed by atoms with Crippen LogP contribution in [0.4, 0.5) is 9.39 Å². The summed E-state index contributed by atoms with van der Waals surface area (Å²) in [4.78, 5) is 4.58. The molecule has 3 aromatic rings. The van der Waals surface area contributed by atoms with Gasteiger partial charge >= 0.3 is 0 Å². The number of halogens is 1. The predicted molar refractivity (Wildman–Crippen MR) is 92.7 cm³/mol. The van der Waals surface area contributed by atoms with Gasteiger partial charge in [-0.3, -0.25) is 0 Å². The quantitative estimate of drug-likeness (QED) is 0.674. The SMILES string of the molecule is Cc1ccc(CSc2nc(-c3ccc(F)cc3)c(N)s2)cc1. The van der Waals surface area contributed by atoms with Crippen LogP contribution in [0.5, 0.6) is 0 Å². The van der Waals surface area contributed by atoms with E-state index in [1.807, 2.05) is 0 Å². The third-order valence-corrected chi connectivity index (χ3v) is 5.33. The normalized spacial score (nSPS) is 10.8. The molecule has 112 valence electrons. The second kappa shape index (κ2) is 6.50. The van der Waals surface area contributed by atoms with E-state index in [1.54, 1.807) is 23.9 Å². The highest BCUT2D eigenvalue weighted by Crippen LogP contribution is 2.36. The summed E-state index contributed by atoms with van der Waals surface area (Å²) in [5.41, 5.74) is 10.1.